The molecule has 0 spiro atoms. The van der Waals surface area contributed by atoms with E-state index in [1.54, 1.807) is 18.3 Å². The van der Waals surface area contributed by atoms with Crippen LogP contribution in [-0.4, -0.2) is 30.1 Å². The van der Waals surface area contributed by atoms with Crippen molar-refractivity contribution in [3.8, 4) is 17.1 Å². The van der Waals surface area contributed by atoms with Crippen molar-refractivity contribution in [3.63, 3.8) is 0 Å². The average Bonchev–Trinajstić information content (AvgIpc) is 3.06. The highest BCUT2D eigenvalue weighted by atomic mass is 35.5. The van der Waals surface area contributed by atoms with Gasteiger partial charge in [-0.05, 0) is 55.6 Å². The van der Waals surface area contributed by atoms with E-state index in [0.29, 0.717) is 42.1 Å². The molecule has 1 aromatic heterocycles. The number of hydrogen-bond acceptors (Lipinski definition) is 4. The van der Waals surface area contributed by atoms with E-state index in [0.717, 1.165) is 5.56 Å². The summed E-state index contributed by atoms with van der Waals surface area (Å²) in [6.07, 6.45) is 1.71. The number of halogens is 2. The van der Waals surface area contributed by atoms with Crippen LogP contribution in [0.15, 0.2) is 59.1 Å². The normalized spacial score (nSPS) is 11.0. The standard InChI is InChI=1S/C19H18ClFN2O2/c1-23(10-11-24-17-8-6-16(21)7-9-17)13-19-22-12-18(25-19)14-2-4-15(20)5-3-14/h2-9,12H,10-11,13H2,1H3. The van der Waals surface area contributed by atoms with Crippen molar-refractivity contribution in [1.29, 1.82) is 0 Å². The second-order valence-corrected chi connectivity index (χ2v) is 6.10. The van der Waals surface area contributed by atoms with Gasteiger partial charge in [-0.1, -0.05) is 11.6 Å². The number of hydrogen-bond donors (Lipinski definition) is 0. The Morgan fingerprint density at radius 3 is 2.56 bits per heavy atom. The molecule has 0 atom stereocenters. The van der Waals surface area contributed by atoms with Crippen LogP contribution in [0.4, 0.5) is 4.39 Å². The van der Waals surface area contributed by atoms with Gasteiger partial charge in [-0.25, -0.2) is 9.37 Å². The van der Waals surface area contributed by atoms with Crippen LogP contribution >= 0.6 is 11.6 Å². The van der Waals surface area contributed by atoms with Crippen LogP contribution in [0.5, 0.6) is 5.75 Å². The zero-order valence-electron chi connectivity index (χ0n) is 13.8. The molecular formula is C19H18ClFN2O2. The van der Waals surface area contributed by atoms with Gasteiger partial charge in [0.2, 0.25) is 5.89 Å². The van der Waals surface area contributed by atoms with Gasteiger partial charge < -0.3 is 9.15 Å². The number of likely N-dealkylation sites (N-methyl/N-ethyl adjacent to an activating group) is 1. The molecule has 0 aliphatic rings. The van der Waals surface area contributed by atoms with E-state index in [9.17, 15) is 4.39 Å². The Morgan fingerprint density at radius 2 is 1.84 bits per heavy atom. The Hall–Kier alpha value is -2.37. The third kappa shape index (κ3) is 5.05. The molecule has 25 heavy (non-hydrogen) atoms. The third-order valence-electron chi connectivity index (χ3n) is 3.64. The minimum atomic E-state index is -0.273. The second kappa shape index (κ2) is 8.14. The van der Waals surface area contributed by atoms with Gasteiger partial charge in [0.1, 0.15) is 18.2 Å². The second-order valence-electron chi connectivity index (χ2n) is 5.67. The van der Waals surface area contributed by atoms with Crippen molar-refractivity contribution in [2.45, 2.75) is 6.54 Å². The predicted molar refractivity (Wildman–Crippen MR) is 95.2 cm³/mol. The Bertz CT molecular complexity index is 803. The zero-order chi connectivity index (χ0) is 17.6. The first-order valence-corrected chi connectivity index (χ1v) is 8.25. The fraction of sp³-hybridized carbons (Fsp3) is 0.211. The zero-order valence-corrected chi connectivity index (χ0v) is 14.5. The minimum Gasteiger partial charge on any atom is -0.492 e. The van der Waals surface area contributed by atoms with E-state index in [4.69, 9.17) is 20.8 Å². The summed E-state index contributed by atoms with van der Waals surface area (Å²) in [7, 11) is 1.96. The molecule has 3 aromatic rings. The molecule has 4 nitrogen and oxygen atoms in total. The summed E-state index contributed by atoms with van der Waals surface area (Å²) >= 11 is 5.89. The first-order valence-electron chi connectivity index (χ1n) is 7.88. The minimum absolute atomic E-state index is 0.273. The first-order chi connectivity index (χ1) is 12.1. The predicted octanol–water partition coefficient (Wildman–Crippen LogP) is 4.64. The Labute approximate surface area is 150 Å². The van der Waals surface area contributed by atoms with Crippen LogP contribution in [0, 0.1) is 5.82 Å². The van der Waals surface area contributed by atoms with E-state index >= 15 is 0 Å². The molecule has 0 N–H and O–H groups in total. The van der Waals surface area contributed by atoms with Crippen molar-refractivity contribution < 1.29 is 13.5 Å². The maximum absolute atomic E-state index is 12.8. The van der Waals surface area contributed by atoms with Gasteiger partial charge in [-0.3, -0.25) is 4.90 Å². The lowest BCUT2D eigenvalue weighted by Gasteiger charge is -2.15. The van der Waals surface area contributed by atoms with E-state index in [1.807, 2.05) is 36.2 Å². The average molecular weight is 361 g/mol. The largest absolute Gasteiger partial charge is 0.492 e. The number of ether oxygens (including phenoxy) is 1. The lowest BCUT2D eigenvalue weighted by atomic mass is 10.2. The van der Waals surface area contributed by atoms with Gasteiger partial charge in [0.25, 0.3) is 0 Å². The summed E-state index contributed by atoms with van der Waals surface area (Å²) in [4.78, 5) is 6.35. The Balaban J connectivity index is 1.48. The van der Waals surface area contributed by atoms with Crippen LogP contribution in [0.1, 0.15) is 5.89 Å². The molecule has 1 heterocycles. The van der Waals surface area contributed by atoms with Crippen molar-refractivity contribution in [1.82, 2.24) is 9.88 Å². The van der Waals surface area contributed by atoms with E-state index < -0.39 is 0 Å². The maximum atomic E-state index is 12.8. The SMILES string of the molecule is CN(CCOc1ccc(F)cc1)Cc1ncc(-c2ccc(Cl)cc2)o1. The lowest BCUT2D eigenvalue weighted by Crippen LogP contribution is -2.24. The highest BCUT2D eigenvalue weighted by Crippen LogP contribution is 2.22. The van der Waals surface area contributed by atoms with Gasteiger partial charge in [0, 0.05) is 17.1 Å². The van der Waals surface area contributed by atoms with Crippen LogP contribution in [-0.2, 0) is 6.54 Å². The summed E-state index contributed by atoms with van der Waals surface area (Å²) in [6.45, 7) is 1.75. The van der Waals surface area contributed by atoms with Crippen molar-refractivity contribution in [2.24, 2.45) is 0 Å². The Morgan fingerprint density at radius 1 is 1.12 bits per heavy atom. The van der Waals surface area contributed by atoms with Crippen molar-refractivity contribution in [3.05, 3.63) is 71.5 Å². The molecule has 0 aliphatic heterocycles. The monoisotopic (exact) mass is 360 g/mol. The number of aromatic nitrogens is 1. The van der Waals surface area contributed by atoms with Crippen molar-refractivity contribution >= 4 is 11.6 Å². The van der Waals surface area contributed by atoms with Crippen LogP contribution < -0.4 is 4.74 Å². The van der Waals surface area contributed by atoms with E-state index in [-0.39, 0.29) is 5.82 Å². The van der Waals surface area contributed by atoms with E-state index in [1.165, 1.54) is 12.1 Å². The van der Waals surface area contributed by atoms with Gasteiger partial charge in [-0.2, -0.15) is 0 Å². The molecule has 0 amide bonds. The molecule has 0 saturated heterocycles. The van der Waals surface area contributed by atoms with Gasteiger partial charge in [-0.15, -0.1) is 0 Å². The summed E-state index contributed by atoms with van der Waals surface area (Å²) < 4.78 is 24.2. The van der Waals surface area contributed by atoms with Crippen molar-refractivity contribution in [2.75, 3.05) is 20.2 Å². The summed E-state index contributed by atoms with van der Waals surface area (Å²) in [6, 6.07) is 13.4. The number of benzene rings is 2. The molecule has 130 valence electrons. The fourth-order valence-corrected chi connectivity index (χ4v) is 2.42. The highest BCUT2D eigenvalue weighted by molar-refractivity contribution is 6.30. The third-order valence-corrected chi connectivity index (χ3v) is 3.89. The van der Waals surface area contributed by atoms with Gasteiger partial charge in [0.05, 0.1) is 12.7 Å². The molecule has 0 bridgehead atoms. The summed E-state index contributed by atoms with van der Waals surface area (Å²) in [5.41, 5.74) is 0.936. The fourth-order valence-electron chi connectivity index (χ4n) is 2.29. The quantitative estimate of drug-likeness (QED) is 0.615. The number of oxazole rings is 1. The van der Waals surface area contributed by atoms with E-state index in [2.05, 4.69) is 4.98 Å². The Kier molecular flexibility index (Phi) is 5.68. The van der Waals surface area contributed by atoms with Crippen LogP contribution in [0.3, 0.4) is 0 Å². The number of nitrogens with zero attached hydrogens (tertiary/aromatic N) is 2. The molecular weight excluding hydrogens is 343 g/mol. The maximum Gasteiger partial charge on any atom is 0.209 e. The molecule has 6 heteroatoms. The summed E-state index contributed by atoms with van der Waals surface area (Å²) in [5.74, 6) is 1.72. The molecule has 0 unspecified atom stereocenters. The molecule has 3 rings (SSSR count). The van der Waals surface area contributed by atoms with Crippen LogP contribution in [0.25, 0.3) is 11.3 Å². The molecule has 0 radical (unpaired) electrons. The molecule has 0 aliphatic carbocycles. The molecule has 0 fully saturated rings. The lowest BCUT2D eigenvalue weighted by molar-refractivity contribution is 0.220. The number of rotatable bonds is 7. The molecule has 2 aromatic carbocycles. The van der Waals surface area contributed by atoms with Gasteiger partial charge in [0.15, 0.2) is 5.76 Å². The van der Waals surface area contributed by atoms with Crippen LogP contribution in [0.2, 0.25) is 5.02 Å². The van der Waals surface area contributed by atoms with Gasteiger partial charge >= 0.3 is 0 Å². The topological polar surface area (TPSA) is 38.5 Å². The smallest absolute Gasteiger partial charge is 0.209 e. The molecule has 0 saturated carbocycles. The summed E-state index contributed by atoms with van der Waals surface area (Å²) in [5, 5.41) is 0.685. The highest BCUT2D eigenvalue weighted by Gasteiger charge is 2.09. The first kappa shape index (κ1) is 17.5.